The highest BCUT2D eigenvalue weighted by atomic mass is 35.5. The van der Waals surface area contributed by atoms with Gasteiger partial charge in [0, 0.05) is 45.3 Å². The van der Waals surface area contributed by atoms with Crippen molar-refractivity contribution in [2.45, 2.75) is 19.4 Å². The average Bonchev–Trinajstić information content (AvgIpc) is 3.08. The maximum absolute atomic E-state index is 12.5. The van der Waals surface area contributed by atoms with Gasteiger partial charge in [0.05, 0.1) is 5.02 Å². The Morgan fingerprint density at radius 2 is 2.10 bits per heavy atom. The zero-order valence-electron chi connectivity index (χ0n) is 12.1. The number of aryl methyl sites for hydroxylation is 1. The monoisotopic (exact) mass is 349 g/mol. The van der Waals surface area contributed by atoms with Gasteiger partial charge in [-0.25, -0.2) is 0 Å². The minimum atomic E-state index is 0. The molecule has 0 spiro atoms. The predicted molar refractivity (Wildman–Crippen MR) is 90.1 cm³/mol. The number of carbonyl (C=O) groups excluding carboxylic acids is 1. The van der Waals surface area contributed by atoms with E-state index >= 15 is 0 Å². The molecule has 1 atom stereocenters. The van der Waals surface area contributed by atoms with Gasteiger partial charge in [-0.15, -0.1) is 23.7 Å². The van der Waals surface area contributed by atoms with Crippen LogP contribution < -0.4 is 5.32 Å². The number of halogens is 2. The van der Waals surface area contributed by atoms with Crippen molar-refractivity contribution in [2.75, 3.05) is 39.3 Å². The highest BCUT2D eigenvalue weighted by Gasteiger charge is 2.32. The average molecular weight is 350 g/mol. The lowest BCUT2D eigenvalue weighted by molar-refractivity contribution is 0.0778. The number of nitrogens with zero attached hydrogens (tertiary/aromatic N) is 2. The number of thiophene rings is 1. The molecule has 4 nitrogen and oxygen atoms in total. The summed E-state index contributed by atoms with van der Waals surface area (Å²) >= 11 is 7.67. The van der Waals surface area contributed by atoms with Crippen LogP contribution in [0.3, 0.4) is 0 Å². The SMILES string of the molecule is Cc1csc(C(=O)N2CCC(N3CCNCC3)C2)c1Cl.Cl. The molecule has 7 heteroatoms. The number of amides is 1. The van der Waals surface area contributed by atoms with Crippen molar-refractivity contribution in [3.05, 3.63) is 20.8 Å². The van der Waals surface area contributed by atoms with Crippen molar-refractivity contribution in [1.29, 1.82) is 0 Å². The maximum atomic E-state index is 12.5. The Morgan fingerprint density at radius 3 is 2.71 bits per heavy atom. The topological polar surface area (TPSA) is 35.6 Å². The molecular weight excluding hydrogens is 329 g/mol. The molecular formula is C14H21Cl2N3OS. The second-order valence-electron chi connectivity index (χ2n) is 5.54. The number of nitrogens with one attached hydrogen (secondary N) is 1. The lowest BCUT2D eigenvalue weighted by atomic mass is 10.2. The van der Waals surface area contributed by atoms with Gasteiger partial charge in [0.2, 0.25) is 0 Å². The highest BCUT2D eigenvalue weighted by Crippen LogP contribution is 2.29. The molecule has 2 aliphatic heterocycles. The van der Waals surface area contributed by atoms with Crippen LogP contribution in [0.5, 0.6) is 0 Å². The van der Waals surface area contributed by atoms with Crippen LogP contribution in [0.1, 0.15) is 21.7 Å². The molecule has 1 N–H and O–H groups in total. The Labute approximate surface area is 140 Å². The highest BCUT2D eigenvalue weighted by molar-refractivity contribution is 7.13. The van der Waals surface area contributed by atoms with E-state index in [0.717, 1.165) is 51.3 Å². The molecule has 118 valence electrons. The minimum absolute atomic E-state index is 0. The molecule has 0 aliphatic carbocycles. The molecule has 2 fully saturated rings. The second-order valence-corrected chi connectivity index (χ2v) is 6.80. The quantitative estimate of drug-likeness (QED) is 0.889. The molecule has 3 rings (SSSR count). The molecule has 2 aliphatic rings. The number of likely N-dealkylation sites (tertiary alicyclic amines) is 1. The van der Waals surface area contributed by atoms with Crippen molar-refractivity contribution in [2.24, 2.45) is 0 Å². The molecule has 2 saturated heterocycles. The Balaban J connectivity index is 0.00000161. The van der Waals surface area contributed by atoms with Crippen molar-refractivity contribution in [3.63, 3.8) is 0 Å². The van der Waals surface area contributed by atoms with Gasteiger partial charge in [-0.05, 0) is 24.3 Å². The van der Waals surface area contributed by atoms with Gasteiger partial charge < -0.3 is 10.2 Å². The van der Waals surface area contributed by atoms with E-state index in [0.29, 0.717) is 15.9 Å². The number of hydrogen-bond acceptors (Lipinski definition) is 4. The largest absolute Gasteiger partial charge is 0.336 e. The molecule has 0 radical (unpaired) electrons. The van der Waals surface area contributed by atoms with E-state index in [1.165, 1.54) is 11.3 Å². The summed E-state index contributed by atoms with van der Waals surface area (Å²) in [6.45, 7) is 7.92. The van der Waals surface area contributed by atoms with Crippen LogP contribution in [-0.4, -0.2) is 61.0 Å². The molecule has 0 bridgehead atoms. The first-order chi connectivity index (χ1) is 9.66. The van der Waals surface area contributed by atoms with Gasteiger partial charge in [-0.2, -0.15) is 0 Å². The van der Waals surface area contributed by atoms with E-state index in [9.17, 15) is 4.79 Å². The summed E-state index contributed by atoms with van der Waals surface area (Å²) in [4.78, 5) is 17.7. The van der Waals surface area contributed by atoms with Crippen molar-refractivity contribution >= 4 is 41.3 Å². The first-order valence-corrected chi connectivity index (χ1v) is 8.40. The van der Waals surface area contributed by atoms with Crippen LogP contribution in [0, 0.1) is 6.92 Å². The van der Waals surface area contributed by atoms with Gasteiger partial charge >= 0.3 is 0 Å². The maximum Gasteiger partial charge on any atom is 0.265 e. The minimum Gasteiger partial charge on any atom is -0.336 e. The Bertz CT molecular complexity index is 502. The van der Waals surface area contributed by atoms with E-state index in [4.69, 9.17) is 11.6 Å². The summed E-state index contributed by atoms with van der Waals surface area (Å²) in [6, 6.07) is 0.515. The first-order valence-electron chi connectivity index (χ1n) is 7.14. The molecule has 1 unspecified atom stereocenters. The molecule has 21 heavy (non-hydrogen) atoms. The molecule has 1 aromatic heterocycles. The third kappa shape index (κ3) is 3.54. The smallest absolute Gasteiger partial charge is 0.265 e. The van der Waals surface area contributed by atoms with Gasteiger partial charge in [-0.3, -0.25) is 9.69 Å². The third-order valence-electron chi connectivity index (χ3n) is 4.21. The Hall–Kier alpha value is -0.330. The van der Waals surface area contributed by atoms with Crippen molar-refractivity contribution in [1.82, 2.24) is 15.1 Å². The summed E-state index contributed by atoms with van der Waals surface area (Å²) in [5, 5.41) is 5.96. The summed E-state index contributed by atoms with van der Waals surface area (Å²) in [7, 11) is 0. The number of carbonyl (C=O) groups is 1. The van der Waals surface area contributed by atoms with Gasteiger partial charge in [0.15, 0.2) is 0 Å². The number of rotatable bonds is 2. The van der Waals surface area contributed by atoms with Gasteiger partial charge in [0.1, 0.15) is 4.88 Å². The van der Waals surface area contributed by atoms with Crippen LogP contribution in [0.25, 0.3) is 0 Å². The van der Waals surface area contributed by atoms with Crippen molar-refractivity contribution in [3.8, 4) is 0 Å². The lowest BCUT2D eigenvalue weighted by Crippen LogP contribution is -2.49. The summed E-state index contributed by atoms with van der Waals surface area (Å²) in [5.74, 6) is 0.103. The zero-order valence-corrected chi connectivity index (χ0v) is 14.5. The number of hydrogen-bond donors (Lipinski definition) is 1. The second kappa shape index (κ2) is 7.29. The predicted octanol–water partition coefficient (Wildman–Crippen LogP) is 2.25. The van der Waals surface area contributed by atoms with Crippen LogP contribution in [0.4, 0.5) is 0 Å². The van der Waals surface area contributed by atoms with E-state index in [-0.39, 0.29) is 18.3 Å². The van der Waals surface area contributed by atoms with Crippen molar-refractivity contribution < 1.29 is 4.79 Å². The summed E-state index contributed by atoms with van der Waals surface area (Å²) in [6.07, 6.45) is 1.08. The van der Waals surface area contributed by atoms with Crippen LogP contribution in [-0.2, 0) is 0 Å². The summed E-state index contributed by atoms with van der Waals surface area (Å²) in [5.41, 5.74) is 0.998. The third-order valence-corrected chi connectivity index (χ3v) is 5.90. The number of piperazine rings is 1. The van der Waals surface area contributed by atoms with E-state index in [2.05, 4.69) is 10.2 Å². The molecule has 0 saturated carbocycles. The van der Waals surface area contributed by atoms with E-state index < -0.39 is 0 Å². The fraction of sp³-hybridized carbons (Fsp3) is 0.643. The molecule has 0 aromatic carbocycles. The summed E-state index contributed by atoms with van der Waals surface area (Å²) < 4.78 is 0. The lowest BCUT2D eigenvalue weighted by Gasteiger charge is -2.32. The molecule has 3 heterocycles. The Morgan fingerprint density at radius 1 is 1.38 bits per heavy atom. The van der Waals surface area contributed by atoms with Crippen LogP contribution in [0.15, 0.2) is 5.38 Å². The fourth-order valence-electron chi connectivity index (χ4n) is 2.99. The fourth-order valence-corrected chi connectivity index (χ4v) is 4.23. The van der Waals surface area contributed by atoms with Crippen LogP contribution >= 0.6 is 35.3 Å². The molecule has 1 amide bonds. The van der Waals surface area contributed by atoms with E-state index in [1.807, 2.05) is 17.2 Å². The first kappa shape index (κ1) is 17.0. The van der Waals surface area contributed by atoms with Gasteiger partial charge in [0.25, 0.3) is 5.91 Å². The van der Waals surface area contributed by atoms with Gasteiger partial charge in [-0.1, -0.05) is 11.6 Å². The Kier molecular flexibility index (Phi) is 5.91. The standard InChI is InChI=1S/C14H20ClN3OS.ClH/c1-10-9-20-13(12(10)15)14(19)18-5-2-11(8-18)17-6-3-16-4-7-17;/h9,11,16H,2-8H2,1H3;1H. The normalized spacial score (nSPS) is 23.1. The van der Waals surface area contributed by atoms with Crippen LogP contribution in [0.2, 0.25) is 5.02 Å². The molecule has 1 aromatic rings. The van der Waals surface area contributed by atoms with E-state index in [1.54, 1.807) is 0 Å². The zero-order chi connectivity index (χ0) is 14.1.